The number of rotatable bonds is 3. The third-order valence-corrected chi connectivity index (χ3v) is 3.36. The molecule has 2 rings (SSSR count). The molecule has 0 unspecified atom stereocenters. The monoisotopic (exact) mass is 306 g/mol. The van der Waals surface area contributed by atoms with E-state index in [0.717, 1.165) is 11.3 Å². The number of hydrogen-bond donors (Lipinski definition) is 1. The lowest BCUT2D eigenvalue weighted by molar-refractivity contribution is 0.102. The predicted molar refractivity (Wildman–Crippen MR) is 84.9 cm³/mol. The molecule has 0 heterocycles. The number of hydrogen-bond acceptors (Lipinski definition) is 2. The van der Waals surface area contributed by atoms with Crippen LogP contribution in [0.3, 0.4) is 0 Å². The van der Waals surface area contributed by atoms with Crippen molar-refractivity contribution >= 4 is 28.9 Å². The summed E-state index contributed by atoms with van der Waals surface area (Å²) < 4.78 is 13.7. The van der Waals surface area contributed by atoms with Gasteiger partial charge in [-0.25, -0.2) is 4.39 Å². The molecule has 110 valence electrons. The van der Waals surface area contributed by atoms with E-state index in [0.29, 0.717) is 10.7 Å². The second kappa shape index (κ2) is 6.14. The molecule has 0 bridgehead atoms. The average molecular weight is 307 g/mol. The van der Waals surface area contributed by atoms with Gasteiger partial charge in [-0.2, -0.15) is 0 Å². The maximum Gasteiger partial charge on any atom is 0.258 e. The lowest BCUT2D eigenvalue weighted by Crippen LogP contribution is -2.15. The van der Waals surface area contributed by atoms with Crippen LogP contribution in [0, 0.1) is 12.7 Å². The lowest BCUT2D eigenvalue weighted by Gasteiger charge is -2.17. The molecular formula is C16H16ClFN2O. The van der Waals surface area contributed by atoms with E-state index in [9.17, 15) is 9.18 Å². The van der Waals surface area contributed by atoms with Gasteiger partial charge in [0.25, 0.3) is 5.91 Å². The van der Waals surface area contributed by atoms with Crippen molar-refractivity contribution in [3.8, 4) is 0 Å². The number of nitrogens with one attached hydrogen (secondary N) is 1. The molecule has 0 radical (unpaired) electrons. The van der Waals surface area contributed by atoms with Crippen LogP contribution >= 0.6 is 11.6 Å². The Morgan fingerprint density at radius 2 is 1.90 bits per heavy atom. The molecule has 0 aromatic heterocycles. The van der Waals surface area contributed by atoms with E-state index in [2.05, 4.69) is 5.32 Å². The maximum atomic E-state index is 13.7. The summed E-state index contributed by atoms with van der Waals surface area (Å²) >= 11 is 5.80. The van der Waals surface area contributed by atoms with Crippen LogP contribution in [0.1, 0.15) is 15.9 Å². The molecule has 5 heteroatoms. The van der Waals surface area contributed by atoms with Crippen molar-refractivity contribution in [1.82, 2.24) is 0 Å². The fourth-order valence-electron chi connectivity index (χ4n) is 2.04. The van der Waals surface area contributed by atoms with Crippen LogP contribution in [0.15, 0.2) is 36.4 Å². The number of halogens is 2. The molecule has 0 saturated carbocycles. The number of benzene rings is 2. The minimum absolute atomic E-state index is 0.0746. The Morgan fingerprint density at radius 1 is 1.19 bits per heavy atom. The van der Waals surface area contributed by atoms with Gasteiger partial charge in [0.15, 0.2) is 0 Å². The number of carbonyl (C=O) groups is 1. The SMILES string of the molecule is Cc1ccc(NC(=O)c2cc(Cl)ccc2F)cc1N(C)C. The second-order valence-corrected chi connectivity index (χ2v) is 5.41. The molecule has 0 spiro atoms. The van der Waals surface area contributed by atoms with Gasteiger partial charge in [-0.1, -0.05) is 17.7 Å². The van der Waals surface area contributed by atoms with Gasteiger partial charge in [0.05, 0.1) is 5.56 Å². The topological polar surface area (TPSA) is 32.3 Å². The summed E-state index contributed by atoms with van der Waals surface area (Å²) in [5.41, 5.74) is 2.61. The molecule has 0 fully saturated rings. The quantitative estimate of drug-likeness (QED) is 0.925. The van der Waals surface area contributed by atoms with Crippen molar-refractivity contribution in [3.63, 3.8) is 0 Å². The summed E-state index contributed by atoms with van der Waals surface area (Å²) in [6, 6.07) is 9.42. The summed E-state index contributed by atoms with van der Waals surface area (Å²) in [7, 11) is 3.84. The standard InChI is InChI=1S/C16H16ClFN2O/c1-10-4-6-12(9-15(10)20(2)3)19-16(21)13-8-11(17)5-7-14(13)18/h4-9H,1-3H3,(H,19,21). The predicted octanol–water partition coefficient (Wildman–Crippen LogP) is 4.11. The van der Waals surface area contributed by atoms with Gasteiger partial charge in [-0.15, -0.1) is 0 Å². The molecule has 21 heavy (non-hydrogen) atoms. The molecule has 0 saturated heterocycles. The number of carbonyl (C=O) groups excluding carboxylic acids is 1. The lowest BCUT2D eigenvalue weighted by atomic mass is 10.1. The molecule has 3 nitrogen and oxygen atoms in total. The van der Waals surface area contributed by atoms with Gasteiger partial charge >= 0.3 is 0 Å². The summed E-state index contributed by atoms with van der Waals surface area (Å²) in [5.74, 6) is -1.12. The largest absolute Gasteiger partial charge is 0.377 e. The highest BCUT2D eigenvalue weighted by atomic mass is 35.5. The zero-order valence-electron chi connectivity index (χ0n) is 12.1. The fraction of sp³-hybridized carbons (Fsp3) is 0.188. The van der Waals surface area contributed by atoms with E-state index in [1.807, 2.05) is 38.1 Å². The zero-order valence-corrected chi connectivity index (χ0v) is 12.8. The highest BCUT2D eigenvalue weighted by molar-refractivity contribution is 6.31. The van der Waals surface area contributed by atoms with Gasteiger partial charge in [-0.3, -0.25) is 4.79 Å². The average Bonchev–Trinajstić information content (AvgIpc) is 2.43. The van der Waals surface area contributed by atoms with Crippen LogP contribution in [0.2, 0.25) is 5.02 Å². The molecule has 0 aliphatic carbocycles. The molecule has 0 aliphatic rings. The van der Waals surface area contributed by atoms with E-state index in [1.165, 1.54) is 18.2 Å². The van der Waals surface area contributed by atoms with Crippen LogP contribution in [-0.4, -0.2) is 20.0 Å². The Hall–Kier alpha value is -2.07. The first-order chi connectivity index (χ1) is 9.88. The van der Waals surface area contributed by atoms with Gasteiger partial charge < -0.3 is 10.2 Å². The van der Waals surface area contributed by atoms with E-state index >= 15 is 0 Å². The van der Waals surface area contributed by atoms with Crippen LogP contribution in [-0.2, 0) is 0 Å². The van der Waals surface area contributed by atoms with Gasteiger partial charge in [0.2, 0.25) is 0 Å². The van der Waals surface area contributed by atoms with E-state index in [4.69, 9.17) is 11.6 Å². The van der Waals surface area contributed by atoms with Crippen LogP contribution in [0.25, 0.3) is 0 Å². The minimum Gasteiger partial charge on any atom is -0.377 e. The molecule has 1 amide bonds. The Balaban J connectivity index is 2.27. The van der Waals surface area contributed by atoms with Crippen LogP contribution in [0.5, 0.6) is 0 Å². The van der Waals surface area contributed by atoms with Crippen molar-refractivity contribution in [1.29, 1.82) is 0 Å². The molecule has 2 aromatic carbocycles. The molecular weight excluding hydrogens is 291 g/mol. The smallest absolute Gasteiger partial charge is 0.258 e. The van der Waals surface area contributed by atoms with E-state index < -0.39 is 11.7 Å². The van der Waals surface area contributed by atoms with Crippen LogP contribution < -0.4 is 10.2 Å². The number of aryl methyl sites for hydroxylation is 1. The summed E-state index contributed by atoms with van der Waals surface area (Å²) in [6.07, 6.45) is 0. The van der Waals surface area contributed by atoms with Crippen molar-refractivity contribution in [2.45, 2.75) is 6.92 Å². The fourth-order valence-corrected chi connectivity index (χ4v) is 2.21. The highest BCUT2D eigenvalue weighted by Gasteiger charge is 2.13. The maximum absolute atomic E-state index is 13.7. The normalized spacial score (nSPS) is 10.3. The van der Waals surface area contributed by atoms with Crippen molar-refractivity contribution < 1.29 is 9.18 Å². The number of anilines is 2. The number of amides is 1. The molecule has 0 atom stereocenters. The van der Waals surface area contributed by atoms with Crippen molar-refractivity contribution in [2.75, 3.05) is 24.3 Å². The minimum atomic E-state index is -0.600. The van der Waals surface area contributed by atoms with Crippen molar-refractivity contribution in [2.24, 2.45) is 0 Å². The Morgan fingerprint density at radius 3 is 2.57 bits per heavy atom. The summed E-state index contributed by atoms with van der Waals surface area (Å²) in [6.45, 7) is 1.98. The van der Waals surface area contributed by atoms with Gasteiger partial charge in [0, 0.05) is 30.5 Å². The van der Waals surface area contributed by atoms with E-state index in [-0.39, 0.29) is 5.56 Å². The number of nitrogens with zero attached hydrogens (tertiary/aromatic N) is 1. The molecule has 2 aromatic rings. The van der Waals surface area contributed by atoms with Gasteiger partial charge in [-0.05, 0) is 42.8 Å². The summed E-state index contributed by atoms with van der Waals surface area (Å²) in [4.78, 5) is 14.1. The first-order valence-electron chi connectivity index (χ1n) is 6.43. The van der Waals surface area contributed by atoms with Gasteiger partial charge in [0.1, 0.15) is 5.82 Å². The molecule has 1 N–H and O–H groups in total. The first kappa shape index (κ1) is 15.3. The van der Waals surface area contributed by atoms with Crippen molar-refractivity contribution in [3.05, 3.63) is 58.4 Å². The first-order valence-corrected chi connectivity index (χ1v) is 6.80. The van der Waals surface area contributed by atoms with Crippen LogP contribution in [0.4, 0.5) is 15.8 Å². The zero-order chi connectivity index (χ0) is 15.6. The Bertz CT molecular complexity index is 686. The molecule has 0 aliphatic heterocycles. The summed E-state index contributed by atoms with van der Waals surface area (Å²) in [5, 5.41) is 3.00. The highest BCUT2D eigenvalue weighted by Crippen LogP contribution is 2.23. The Labute approximate surface area is 128 Å². The van der Waals surface area contributed by atoms with E-state index in [1.54, 1.807) is 6.07 Å². The Kier molecular flexibility index (Phi) is 4.48. The second-order valence-electron chi connectivity index (χ2n) is 4.97. The third-order valence-electron chi connectivity index (χ3n) is 3.12. The third kappa shape index (κ3) is 3.52.